The summed E-state index contributed by atoms with van der Waals surface area (Å²) >= 11 is 0. The highest BCUT2D eigenvalue weighted by molar-refractivity contribution is 5.94. The van der Waals surface area contributed by atoms with E-state index in [0.717, 1.165) is 0 Å². The lowest BCUT2D eigenvalue weighted by molar-refractivity contribution is 0.00413. The molecule has 2 N–H and O–H groups in total. The van der Waals surface area contributed by atoms with Crippen LogP contribution in [0.2, 0.25) is 0 Å². The monoisotopic (exact) mass is 403 g/mol. The molecular formula is C20H22FN3O5. The maximum absolute atomic E-state index is 13.0. The maximum Gasteiger partial charge on any atom is 0.296 e. The number of fused-ring (bicyclic) bond motifs is 2. The van der Waals surface area contributed by atoms with Gasteiger partial charge in [-0.3, -0.25) is 14.2 Å². The van der Waals surface area contributed by atoms with Gasteiger partial charge in [0.15, 0.2) is 5.69 Å². The second kappa shape index (κ2) is 7.92. The Bertz CT molecular complexity index is 967. The zero-order chi connectivity index (χ0) is 20.4. The Morgan fingerprint density at radius 2 is 1.93 bits per heavy atom. The number of nitrogens with zero attached hydrogens (tertiary/aromatic N) is 2. The SMILES string of the molecule is O=C(NCc1ccc(F)cc1)c1nc2n(c(=O)c1O)CCOCC21CCOCC1. The zero-order valence-electron chi connectivity index (χ0n) is 15.8. The van der Waals surface area contributed by atoms with E-state index >= 15 is 0 Å². The molecule has 8 nitrogen and oxygen atoms in total. The number of aromatic hydroxyl groups is 1. The number of rotatable bonds is 3. The molecule has 0 bridgehead atoms. The third kappa shape index (κ3) is 3.75. The molecule has 9 heteroatoms. The fourth-order valence-electron chi connectivity index (χ4n) is 3.80. The summed E-state index contributed by atoms with van der Waals surface area (Å²) in [7, 11) is 0. The van der Waals surface area contributed by atoms with Gasteiger partial charge in [0.1, 0.15) is 11.6 Å². The lowest BCUT2D eigenvalue weighted by Gasteiger charge is -2.35. The first-order valence-corrected chi connectivity index (χ1v) is 9.53. The molecule has 1 fully saturated rings. The molecule has 1 saturated heterocycles. The normalized spacial score (nSPS) is 18.1. The molecular weight excluding hydrogens is 381 g/mol. The summed E-state index contributed by atoms with van der Waals surface area (Å²) in [5.74, 6) is -1.27. The van der Waals surface area contributed by atoms with Crippen molar-refractivity contribution >= 4 is 5.91 Å². The summed E-state index contributed by atoms with van der Waals surface area (Å²) in [5.41, 5.74) is -0.817. The van der Waals surface area contributed by atoms with Crippen LogP contribution in [-0.2, 0) is 28.0 Å². The van der Waals surface area contributed by atoms with Crippen molar-refractivity contribution in [1.29, 1.82) is 0 Å². The quantitative estimate of drug-likeness (QED) is 0.796. The lowest BCUT2D eigenvalue weighted by atomic mass is 9.80. The van der Waals surface area contributed by atoms with Gasteiger partial charge in [0, 0.05) is 19.8 Å². The zero-order valence-corrected chi connectivity index (χ0v) is 15.8. The predicted octanol–water partition coefficient (Wildman–Crippen LogP) is 1.10. The minimum Gasteiger partial charge on any atom is -0.501 e. The highest BCUT2D eigenvalue weighted by atomic mass is 19.1. The van der Waals surface area contributed by atoms with Crippen LogP contribution in [0.3, 0.4) is 0 Å². The first kappa shape index (κ1) is 19.5. The minimum atomic E-state index is -0.686. The number of ether oxygens (including phenoxy) is 2. The van der Waals surface area contributed by atoms with Crippen molar-refractivity contribution in [1.82, 2.24) is 14.9 Å². The van der Waals surface area contributed by atoms with Crippen LogP contribution in [0.4, 0.5) is 4.39 Å². The number of nitrogens with one attached hydrogen (secondary N) is 1. The van der Waals surface area contributed by atoms with Crippen molar-refractivity contribution in [3.05, 3.63) is 57.5 Å². The number of amides is 1. The summed E-state index contributed by atoms with van der Waals surface area (Å²) in [6, 6.07) is 5.67. The van der Waals surface area contributed by atoms with Crippen molar-refractivity contribution in [2.45, 2.75) is 31.3 Å². The number of hydrogen-bond acceptors (Lipinski definition) is 6. The summed E-state index contributed by atoms with van der Waals surface area (Å²) < 4.78 is 25.6. The van der Waals surface area contributed by atoms with E-state index in [4.69, 9.17) is 9.47 Å². The highest BCUT2D eigenvalue weighted by Crippen LogP contribution is 2.35. The molecule has 4 rings (SSSR count). The molecule has 1 aromatic carbocycles. The van der Waals surface area contributed by atoms with Crippen molar-refractivity contribution in [2.75, 3.05) is 26.4 Å². The van der Waals surface area contributed by atoms with Crippen LogP contribution >= 0.6 is 0 Å². The van der Waals surface area contributed by atoms with Gasteiger partial charge in [0.2, 0.25) is 5.75 Å². The molecule has 0 radical (unpaired) electrons. The van der Waals surface area contributed by atoms with E-state index in [0.29, 0.717) is 50.7 Å². The van der Waals surface area contributed by atoms with Crippen LogP contribution in [0.15, 0.2) is 29.1 Å². The van der Waals surface area contributed by atoms with E-state index in [1.54, 1.807) is 12.1 Å². The number of halogens is 1. The van der Waals surface area contributed by atoms with Crippen LogP contribution in [0.1, 0.15) is 34.7 Å². The fraction of sp³-hybridized carbons (Fsp3) is 0.450. The Balaban J connectivity index is 1.67. The van der Waals surface area contributed by atoms with Crippen molar-refractivity contribution < 1.29 is 23.8 Å². The van der Waals surface area contributed by atoms with Gasteiger partial charge in [-0.2, -0.15) is 0 Å². The lowest BCUT2D eigenvalue weighted by Crippen LogP contribution is -2.43. The van der Waals surface area contributed by atoms with Crippen LogP contribution in [0.5, 0.6) is 5.75 Å². The van der Waals surface area contributed by atoms with Crippen LogP contribution in [0.25, 0.3) is 0 Å². The molecule has 1 spiro atoms. The molecule has 0 atom stereocenters. The third-order valence-electron chi connectivity index (χ3n) is 5.49. The summed E-state index contributed by atoms with van der Waals surface area (Å²) in [5, 5.41) is 13.0. The summed E-state index contributed by atoms with van der Waals surface area (Å²) in [6.07, 6.45) is 1.22. The van der Waals surface area contributed by atoms with Gasteiger partial charge in [-0.15, -0.1) is 0 Å². The minimum absolute atomic E-state index is 0.112. The maximum atomic E-state index is 13.0. The molecule has 154 valence electrons. The number of carbonyl (C=O) groups excluding carboxylic acids is 1. The summed E-state index contributed by atoms with van der Waals surface area (Å²) in [6.45, 7) is 2.09. The van der Waals surface area contributed by atoms with Gasteiger partial charge in [-0.25, -0.2) is 9.37 Å². The van der Waals surface area contributed by atoms with Crippen molar-refractivity contribution in [3.63, 3.8) is 0 Å². The molecule has 0 aliphatic carbocycles. The van der Waals surface area contributed by atoms with Gasteiger partial charge in [-0.1, -0.05) is 12.1 Å². The molecule has 0 unspecified atom stereocenters. The number of hydrogen-bond donors (Lipinski definition) is 2. The Hall–Kier alpha value is -2.78. The molecule has 29 heavy (non-hydrogen) atoms. The third-order valence-corrected chi connectivity index (χ3v) is 5.49. The Morgan fingerprint density at radius 1 is 1.21 bits per heavy atom. The molecule has 3 heterocycles. The Labute approximate surface area is 166 Å². The number of benzene rings is 1. The van der Waals surface area contributed by atoms with Gasteiger partial charge < -0.3 is 19.9 Å². The van der Waals surface area contributed by atoms with Crippen molar-refractivity contribution in [2.24, 2.45) is 0 Å². The molecule has 1 amide bonds. The van der Waals surface area contributed by atoms with Crippen LogP contribution < -0.4 is 10.9 Å². The molecule has 2 aliphatic heterocycles. The second-order valence-electron chi connectivity index (χ2n) is 7.34. The highest BCUT2D eigenvalue weighted by Gasteiger charge is 2.41. The average Bonchev–Trinajstić information content (AvgIpc) is 2.90. The van der Waals surface area contributed by atoms with Gasteiger partial charge in [0.25, 0.3) is 11.5 Å². The van der Waals surface area contributed by atoms with Gasteiger partial charge in [-0.05, 0) is 30.5 Å². The first-order valence-electron chi connectivity index (χ1n) is 9.53. The van der Waals surface area contributed by atoms with E-state index in [1.807, 2.05) is 0 Å². The predicted molar refractivity (Wildman–Crippen MR) is 100 cm³/mol. The standard InChI is InChI=1S/C20H22FN3O5/c21-14-3-1-13(2-4-14)11-22-17(26)15-16(25)18(27)24-7-10-29-12-20(19(24)23-15)5-8-28-9-6-20/h1-4,25H,5-12H2,(H,22,26). The van der Waals surface area contributed by atoms with Crippen molar-refractivity contribution in [3.8, 4) is 5.75 Å². The fourth-order valence-corrected chi connectivity index (χ4v) is 3.80. The number of carbonyl (C=O) groups is 1. The Morgan fingerprint density at radius 3 is 2.66 bits per heavy atom. The Kier molecular flexibility index (Phi) is 5.33. The van der Waals surface area contributed by atoms with E-state index in [2.05, 4.69) is 10.3 Å². The average molecular weight is 403 g/mol. The molecule has 2 aliphatic rings. The topological polar surface area (TPSA) is 103 Å². The molecule has 0 saturated carbocycles. The first-order chi connectivity index (χ1) is 14.0. The van der Waals surface area contributed by atoms with Gasteiger partial charge in [0.05, 0.1) is 25.2 Å². The smallest absolute Gasteiger partial charge is 0.296 e. The van der Waals surface area contributed by atoms with Crippen LogP contribution in [-0.4, -0.2) is 47.0 Å². The van der Waals surface area contributed by atoms with Crippen LogP contribution in [0, 0.1) is 5.82 Å². The largest absolute Gasteiger partial charge is 0.501 e. The second-order valence-corrected chi connectivity index (χ2v) is 7.34. The van der Waals surface area contributed by atoms with Gasteiger partial charge >= 0.3 is 0 Å². The van der Waals surface area contributed by atoms with E-state index < -0.39 is 22.6 Å². The molecule has 2 aromatic rings. The molecule has 1 aromatic heterocycles. The number of aromatic nitrogens is 2. The van der Waals surface area contributed by atoms with E-state index in [1.165, 1.54) is 16.7 Å². The van der Waals surface area contributed by atoms with E-state index in [-0.39, 0.29) is 24.6 Å². The summed E-state index contributed by atoms with van der Waals surface area (Å²) in [4.78, 5) is 29.9. The van der Waals surface area contributed by atoms with E-state index in [9.17, 15) is 19.1 Å².